The summed E-state index contributed by atoms with van der Waals surface area (Å²) >= 11 is 0. The summed E-state index contributed by atoms with van der Waals surface area (Å²) in [6, 6.07) is 3.78. The molecule has 5 atom stereocenters. The molecular weight excluding hydrogens is 628 g/mol. The minimum Gasteiger partial charge on any atom is -0.447 e. The number of urea groups is 1. The van der Waals surface area contributed by atoms with Gasteiger partial charge in [-0.15, -0.1) is 0 Å². The van der Waals surface area contributed by atoms with Gasteiger partial charge >= 0.3 is 12.1 Å². The van der Waals surface area contributed by atoms with E-state index in [1.807, 2.05) is 65.8 Å². The first-order valence-electron chi connectivity index (χ1n) is 17.7. The van der Waals surface area contributed by atoms with E-state index in [0.717, 1.165) is 24.0 Å². The Morgan fingerprint density at radius 1 is 0.878 bits per heavy atom. The average molecular weight is 683 g/mol. The van der Waals surface area contributed by atoms with Crippen molar-refractivity contribution in [2.75, 3.05) is 13.2 Å². The fourth-order valence-electron chi connectivity index (χ4n) is 6.78. The number of rotatable bonds is 15. The highest BCUT2D eigenvalue weighted by Gasteiger charge is 2.46. The topological polar surface area (TPSA) is 189 Å². The lowest BCUT2D eigenvalue weighted by molar-refractivity contribution is -0.142. The monoisotopic (exact) mass is 682 g/mol. The maximum atomic E-state index is 14.6. The number of hydrogen-bond donors (Lipinski definition) is 5. The molecule has 13 heteroatoms. The van der Waals surface area contributed by atoms with E-state index in [9.17, 15) is 28.8 Å². The van der Waals surface area contributed by atoms with Gasteiger partial charge in [-0.3, -0.25) is 19.2 Å². The van der Waals surface area contributed by atoms with E-state index in [2.05, 4.69) is 21.3 Å². The summed E-state index contributed by atoms with van der Waals surface area (Å²) in [5.41, 5.74) is 7.52. The molecule has 13 nitrogen and oxygen atoms in total. The van der Waals surface area contributed by atoms with Crippen LogP contribution in [0.15, 0.2) is 24.3 Å². The smallest absolute Gasteiger partial charge is 0.407 e. The second-order valence-corrected chi connectivity index (χ2v) is 15.0. The molecule has 2 fully saturated rings. The largest absolute Gasteiger partial charge is 0.447 e. The molecule has 49 heavy (non-hydrogen) atoms. The van der Waals surface area contributed by atoms with Gasteiger partial charge in [-0.25, -0.2) is 9.59 Å². The van der Waals surface area contributed by atoms with Crippen molar-refractivity contribution in [3.63, 3.8) is 0 Å². The highest BCUT2D eigenvalue weighted by Crippen LogP contribution is 2.35. The van der Waals surface area contributed by atoms with E-state index in [0.29, 0.717) is 32.2 Å². The summed E-state index contributed by atoms with van der Waals surface area (Å²) in [7, 11) is 0. The molecule has 270 valence electrons. The Balaban J connectivity index is 1.56. The number of likely N-dealkylation sites (tertiary alicyclic amines) is 1. The van der Waals surface area contributed by atoms with Crippen molar-refractivity contribution in [3.05, 3.63) is 35.4 Å². The predicted octanol–water partition coefficient (Wildman–Crippen LogP) is 2.44. The van der Waals surface area contributed by atoms with Crippen molar-refractivity contribution in [3.8, 4) is 0 Å². The standard InChI is InChI=1S/C36H54N6O7/c1-19(2)26-16-29(33(45)39-27(13-22-11-12-22)31(43)32(37)44)42(17-26)34(46)30(25-14-23-9-7-8-10-24(23)15-25)41-35(47)40-28(20(3)4)18-49-36(48)38-21(5)6/h7-10,19-22,25-30H,11-18H2,1-6H3,(H2,37,44)(H,38,48)(H,39,45)(H2,40,41,47)/t26-,27?,28?,29?,30?/m1/s1. The van der Waals surface area contributed by atoms with Crippen LogP contribution in [0.1, 0.15) is 78.4 Å². The van der Waals surface area contributed by atoms with Crippen LogP contribution in [0.4, 0.5) is 9.59 Å². The first-order valence-corrected chi connectivity index (χ1v) is 17.7. The number of carbonyl (C=O) groups excluding carboxylic acids is 6. The second-order valence-electron chi connectivity index (χ2n) is 15.0. The van der Waals surface area contributed by atoms with E-state index in [4.69, 9.17) is 10.5 Å². The zero-order valence-corrected chi connectivity index (χ0v) is 29.6. The van der Waals surface area contributed by atoms with Crippen LogP contribution in [0.25, 0.3) is 0 Å². The SMILES string of the molecule is CC(C)NC(=O)OCC(NC(=O)NC(C(=O)N1C[C@H](C(C)C)CC1C(=O)NC(CC1CC1)C(=O)C(N)=O)C1Cc2ccccc2C1)C(C)C. The van der Waals surface area contributed by atoms with Gasteiger partial charge in [0.2, 0.25) is 17.6 Å². The van der Waals surface area contributed by atoms with Crippen molar-refractivity contribution in [2.24, 2.45) is 35.3 Å². The van der Waals surface area contributed by atoms with Gasteiger partial charge in [-0.1, -0.05) is 64.8 Å². The highest BCUT2D eigenvalue weighted by atomic mass is 16.5. The molecule has 1 aromatic carbocycles. The fraction of sp³-hybridized carbons (Fsp3) is 0.667. The molecule has 1 aromatic rings. The van der Waals surface area contributed by atoms with E-state index >= 15 is 0 Å². The zero-order chi connectivity index (χ0) is 36.0. The summed E-state index contributed by atoms with van der Waals surface area (Å²) in [6.45, 7) is 11.7. The highest BCUT2D eigenvalue weighted by molar-refractivity contribution is 6.37. The van der Waals surface area contributed by atoms with Crippen molar-refractivity contribution < 1.29 is 33.5 Å². The Morgan fingerprint density at radius 3 is 2.04 bits per heavy atom. The molecule has 0 radical (unpaired) electrons. The van der Waals surface area contributed by atoms with Crippen LogP contribution in [-0.4, -0.2) is 83.9 Å². The second kappa shape index (κ2) is 16.5. The van der Waals surface area contributed by atoms with Crippen LogP contribution >= 0.6 is 0 Å². The molecule has 0 spiro atoms. The maximum absolute atomic E-state index is 14.6. The number of Topliss-reactive ketones (excluding diaryl/α,β-unsaturated/α-hetero) is 1. The number of nitrogens with one attached hydrogen (secondary N) is 4. The number of alkyl carbamates (subject to hydrolysis) is 1. The Hall–Kier alpha value is -4.16. The van der Waals surface area contributed by atoms with E-state index < -0.39 is 53.9 Å². The molecule has 0 aromatic heterocycles. The molecule has 1 aliphatic heterocycles. The van der Waals surface area contributed by atoms with Gasteiger partial charge < -0.3 is 36.6 Å². The van der Waals surface area contributed by atoms with Crippen molar-refractivity contribution >= 4 is 35.6 Å². The minimum atomic E-state index is -1.10. The third kappa shape index (κ3) is 10.2. The molecule has 1 heterocycles. The van der Waals surface area contributed by atoms with Crippen LogP contribution in [0.3, 0.4) is 0 Å². The number of benzene rings is 1. The summed E-state index contributed by atoms with van der Waals surface area (Å²) in [4.78, 5) is 80.3. The van der Waals surface area contributed by atoms with Crippen LogP contribution in [-0.2, 0) is 36.8 Å². The number of ether oxygens (including phenoxy) is 1. The number of nitrogens with two attached hydrogens (primary N) is 1. The summed E-state index contributed by atoms with van der Waals surface area (Å²) < 4.78 is 5.35. The van der Waals surface area contributed by atoms with Gasteiger partial charge in [-0.2, -0.15) is 0 Å². The summed E-state index contributed by atoms with van der Waals surface area (Å²) in [5, 5.41) is 11.3. The van der Waals surface area contributed by atoms with Gasteiger partial charge in [0.15, 0.2) is 0 Å². The number of primary amides is 1. The fourth-order valence-corrected chi connectivity index (χ4v) is 6.78. The van der Waals surface area contributed by atoms with Crippen molar-refractivity contribution in [1.29, 1.82) is 0 Å². The molecule has 6 N–H and O–H groups in total. The zero-order valence-electron chi connectivity index (χ0n) is 29.6. The van der Waals surface area contributed by atoms with Crippen molar-refractivity contribution in [1.82, 2.24) is 26.2 Å². The van der Waals surface area contributed by atoms with Gasteiger partial charge in [-0.05, 0) is 80.2 Å². The number of nitrogens with zero attached hydrogens (tertiary/aromatic N) is 1. The normalized spacial score (nSPS) is 20.8. The molecule has 6 amide bonds. The van der Waals surface area contributed by atoms with E-state index in [-0.39, 0.29) is 48.1 Å². The van der Waals surface area contributed by atoms with Gasteiger partial charge in [0.1, 0.15) is 18.7 Å². The van der Waals surface area contributed by atoms with Gasteiger partial charge in [0, 0.05) is 12.6 Å². The number of hydrogen-bond acceptors (Lipinski definition) is 7. The quantitative estimate of drug-likeness (QED) is 0.176. The molecular formula is C36H54N6O7. The van der Waals surface area contributed by atoms with Gasteiger partial charge in [0.05, 0.1) is 12.1 Å². The molecule has 1 saturated carbocycles. The summed E-state index contributed by atoms with van der Waals surface area (Å²) in [6.07, 6.45) is 3.07. The van der Waals surface area contributed by atoms with E-state index in [1.54, 1.807) is 0 Å². The Kier molecular flexibility index (Phi) is 12.7. The Bertz CT molecular complexity index is 1370. The van der Waals surface area contributed by atoms with Crippen LogP contribution in [0, 0.1) is 29.6 Å². The number of fused-ring (bicyclic) bond motifs is 1. The Labute approximate surface area is 289 Å². The molecule has 4 unspecified atom stereocenters. The molecule has 4 rings (SSSR count). The first kappa shape index (κ1) is 37.7. The lowest BCUT2D eigenvalue weighted by Crippen LogP contribution is -2.59. The van der Waals surface area contributed by atoms with Crippen LogP contribution < -0.4 is 27.0 Å². The van der Waals surface area contributed by atoms with Crippen LogP contribution in [0.5, 0.6) is 0 Å². The first-order chi connectivity index (χ1) is 23.1. The molecule has 1 saturated heterocycles. The van der Waals surface area contributed by atoms with Crippen LogP contribution in [0.2, 0.25) is 0 Å². The number of ketones is 1. The molecule has 0 bridgehead atoms. The lowest BCUT2D eigenvalue weighted by atomic mass is 9.93. The number of amides is 6. The molecule has 2 aliphatic carbocycles. The third-order valence-electron chi connectivity index (χ3n) is 10.0. The average Bonchev–Trinajstić information content (AvgIpc) is 3.55. The van der Waals surface area contributed by atoms with Gasteiger partial charge in [0.25, 0.3) is 5.91 Å². The third-order valence-corrected chi connectivity index (χ3v) is 10.0. The Morgan fingerprint density at radius 2 is 1.51 bits per heavy atom. The lowest BCUT2D eigenvalue weighted by Gasteiger charge is -2.33. The minimum absolute atomic E-state index is 0.00290. The maximum Gasteiger partial charge on any atom is 0.407 e. The van der Waals surface area contributed by atoms with E-state index in [1.165, 1.54) is 4.90 Å². The van der Waals surface area contributed by atoms with Crippen molar-refractivity contribution in [2.45, 2.75) is 110 Å². The molecule has 3 aliphatic rings. The number of carbonyl (C=O) groups is 6. The summed E-state index contributed by atoms with van der Waals surface area (Å²) in [5.74, 6) is -2.81. The predicted molar refractivity (Wildman–Crippen MR) is 183 cm³/mol.